The number of carbonyl (C=O) groups excluding carboxylic acids is 2. The molecule has 1 fully saturated rings. The van der Waals surface area contributed by atoms with Crippen LogP contribution in [-0.4, -0.2) is 60.1 Å². The Balaban J connectivity index is 2.00. The number of piperazine rings is 1. The van der Waals surface area contributed by atoms with Gasteiger partial charge in [-0.1, -0.05) is 0 Å². The molecule has 0 spiro atoms. The summed E-state index contributed by atoms with van der Waals surface area (Å²) < 4.78 is 4.64. The van der Waals surface area contributed by atoms with Gasteiger partial charge < -0.3 is 20.3 Å². The topological polar surface area (TPSA) is 88.8 Å². The highest BCUT2D eigenvalue weighted by atomic mass is 16.5. The predicted octanol–water partition coefficient (Wildman–Crippen LogP) is 0.188. The van der Waals surface area contributed by atoms with Crippen LogP contribution in [0.4, 0.5) is 10.5 Å². The molecule has 0 aromatic carbocycles. The normalized spacial score (nSPS) is 15.2. The standard InChI is InChI=1S/C12H16N4O3/c1-19-12(18)16-7-5-15(6-8-16)11(17)10-9(13)3-2-4-14-10/h2-4H,5-8,13H2,1H3. The van der Waals surface area contributed by atoms with E-state index in [1.54, 1.807) is 21.9 Å². The minimum Gasteiger partial charge on any atom is -0.453 e. The molecule has 7 nitrogen and oxygen atoms in total. The molecule has 0 unspecified atom stereocenters. The molecule has 2 rings (SSSR count). The van der Waals surface area contributed by atoms with Crippen LogP contribution in [0.3, 0.4) is 0 Å². The van der Waals surface area contributed by atoms with Crippen LogP contribution in [-0.2, 0) is 4.74 Å². The average Bonchev–Trinajstić information content (AvgIpc) is 2.46. The van der Waals surface area contributed by atoms with E-state index < -0.39 is 0 Å². The lowest BCUT2D eigenvalue weighted by molar-refractivity contribution is 0.0595. The van der Waals surface area contributed by atoms with E-state index in [-0.39, 0.29) is 17.7 Å². The predicted molar refractivity (Wildman–Crippen MR) is 68.5 cm³/mol. The highest BCUT2D eigenvalue weighted by Gasteiger charge is 2.26. The number of hydrogen-bond donors (Lipinski definition) is 1. The van der Waals surface area contributed by atoms with Crippen LogP contribution in [0.5, 0.6) is 0 Å². The van der Waals surface area contributed by atoms with Gasteiger partial charge >= 0.3 is 6.09 Å². The van der Waals surface area contributed by atoms with Crippen molar-refractivity contribution in [2.45, 2.75) is 0 Å². The van der Waals surface area contributed by atoms with E-state index in [2.05, 4.69) is 9.72 Å². The van der Waals surface area contributed by atoms with Crippen molar-refractivity contribution in [1.29, 1.82) is 0 Å². The Hall–Kier alpha value is -2.31. The number of carbonyl (C=O) groups is 2. The van der Waals surface area contributed by atoms with Crippen molar-refractivity contribution in [3.63, 3.8) is 0 Å². The Kier molecular flexibility index (Phi) is 3.84. The highest BCUT2D eigenvalue weighted by molar-refractivity contribution is 5.97. The molecular weight excluding hydrogens is 248 g/mol. The van der Waals surface area contributed by atoms with Gasteiger partial charge in [-0.15, -0.1) is 0 Å². The fourth-order valence-corrected chi connectivity index (χ4v) is 1.97. The number of aromatic nitrogens is 1. The zero-order valence-electron chi connectivity index (χ0n) is 10.7. The van der Waals surface area contributed by atoms with Crippen LogP contribution in [0.2, 0.25) is 0 Å². The van der Waals surface area contributed by atoms with E-state index in [1.165, 1.54) is 13.3 Å². The number of pyridine rings is 1. The van der Waals surface area contributed by atoms with Crippen molar-refractivity contribution in [3.05, 3.63) is 24.0 Å². The fraction of sp³-hybridized carbons (Fsp3) is 0.417. The van der Waals surface area contributed by atoms with E-state index in [0.717, 1.165) is 0 Å². The summed E-state index contributed by atoms with van der Waals surface area (Å²) >= 11 is 0. The third kappa shape index (κ3) is 2.75. The summed E-state index contributed by atoms with van der Waals surface area (Å²) in [5.74, 6) is -0.206. The van der Waals surface area contributed by atoms with Gasteiger partial charge in [-0.3, -0.25) is 4.79 Å². The first kappa shape index (κ1) is 13.1. The smallest absolute Gasteiger partial charge is 0.409 e. The molecule has 19 heavy (non-hydrogen) atoms. The van der Waals surface area contributed by atoms with Crippen molar-refractivity contribution >= 4 is 17.7 Å². The van der Waals surface area contributed by atoms with Crippen LogP contribution < -0.4 is 5.73 Å². The summed E-state index contributed by atoms with van der Waals surface area (Å²) in [6, 6.07) is 3.33. The third-order valence-electron chi connectivity index (χ3n) is 3.04. The second kappa shape index (κ2) is 5.55. The zero-order chi connectivity index (χ0) is 13.8. The Morgan fingerprint density at radius 2 is 1.89 bits per heavy atom. The molecule has 0 bridgehead atoms. The molecule has 2 amide bonds. The van der Waals surface area contributed by atoms with Gasteiger partial charge in [-0.25, -0.2) is 9.78 Å². The van der Waals surface area contributed by atoms with Crippen molar-refractivity contribution in [1.82, 2.24) is 14.8 Å². The number of amides is 2. The zero-order valence-corrected chi connectivity index (χ0v) is 10.7. The van der Waals surface area contributed by atoms with Gasteiger partial charge in [0, 0.05) is 32.4 Å². The lowest BCUT2D eigenvalue weighted by Gasteiger charge is -2.33. The maximum atomic E-state index is 12.2. The fourth-order valence-electron chi connectivity index (χ4n) is 1.97. The number of anilines is 1. The molecule has 0 saturated carbocycles. The molecule has 102 valence electrons. The Bertz CT molecular complexity index is 484. The monoisotopic (exact) mass is 264 g/mol. The van der Waals surface area contributed by atoms with Gasteiger partial charge in [-0.05, 0) is 12.1 Å². The van der Waals surface area contributed by atoms with Crippen molar-refractivity contribution in [3.8, 4) is 0 Å². The first-order valence-corrected chi connectivity index (χ1v) is 5.96. The molecule has 2 N–H and O–H groups in total. The minimum absolute atomic E-state index is 0.206. The Morgan fingerprint density at radius 3 is 2.47 bits per heavy atom. The first-order valence-electron chi connectivity index (χ1n) is 5.96. The number of methoxy groups -OCH3 is 1. The second-order valence-corrected chi connectivity index (χ2v) is 4.19. The molecule has 2 heterocycles. The third-order valence-corrected chi connectivity index (χ3v) is 3.04. The molecular formula is C12H16N4O3. The molecule has 7 heteroatoms. The number of nitrogens with zero attached hydrogens (tertiary/aromatic N) is 3. The highest BCUT2D eigenvalue weighted by Crippen LogP contribution is 2.12. The van der Waals surface area contributed by atoms with Crippen LogP contribution in [0.1, 0.15) is 10.5 Å². The van der Waals surface area contributed by atoms with Gasteiger partial charge in [0.05, 0.1) is 12.8 Å². The summed E-state index contributed by atoms with van der Waals surface area (Å²) in [4.78, 5) is 30.8. The number of rotatable bonds is 1. The Labute approximate surface area is 110 Å². The molecule has 1 aliphatic rings. The molecule has 1 saturated heterocycles. The first-order chi connectivity index (χ1) is 9.13. The van der Waals surface area contributed by atoms with Crippen molar-refractivity contribution in [2.75, 3.05) is 39.0 Å². The number of hydrogen-bond acceptors (Lipinski definition) is 5. The molecule has 1 aromatic rings. The summed E-state index contributed by atoms with van der Waals surface area (Å²) in [6.45, 7) is 1.80. The largest absolute Gasteiger partial charge is 0.453 e. The maximum absolute atomic E-state index is 12.2. The summed E-state index contributed by atoms with van der Waals surface area (Å²) in [6.07, 6.45) is 1.17. The van der Waals surface area contributed by atoms with E-state index in [0.29, 0.717) is 31.9 Å². The van der Waals surface area contributed by atoms with Crippen LogP contribution >= 0.6 is 0 Å². The lowest BCUT2D eigenvalue weighted by Crippen LogP contribution is -2.50. The van der Waals surface area contributed by atoms with E-state index >= 15 is 0 Å². The van der Waals surface area contributed by atoms with Crippen LogP contribution in [0.25, 0.3) is 0 Å². The SMILES string of the molecule is COC(=O)N1CCN(C(=O)c2ncccc2N)CC1. The van der Waals surface area contributed by atoms with Gasteiger partial charge in [0.25, 0.3) is 5.91 Å². The second-order valence-electron chi connectivity index (χ2n) is 4.19. The van der Waals surface area contributed by atoms with E-state index in [4.69, 9.17) is 5.73 Å². The van der Waals surface area contributed by atoms with Crippen molar-refractivity contribution < 1.29 is 14.3 Å². The summed E-state index contributed by atoms with van der Waals surface area (Å²) in [5.41, 5.74) is 6.35. The number of nitrogen functional groups attached to an aromatic ring is 1. The number of nitrogens with two attached hydrogens (primary N) is 1. The van der Waals surface area contributed by atoms with Gasteiger partial charge in [-0.2, -0.15) is 0 Å². The molecule has 0 atom stereocenters. The maximum Gasteiger partial charge on any atom is 0.409 e. The molecule has 0 aliphatic carbocycles. The van der Waals surface area contributed by atoms with E-state index in [1.807, 2.05) is 0 Å². The molecule has 0 radical (unpaired) electrons. The average molecular weight is 264 g/mol. The van der Waals surface area contributed by atoms with Crippen LogP contribution in [0.15, 0.2) is 18.3 Å². The van der Waals surface area contributed by atoms with E-state index in [9.17, 15) is 9.59 Å². The Morgan fingerprint density at radius 1 is 1.26 bits per heavy atom. The quantitative estimate of drug-likeness (QED) is 0.782. The van der Waals surface area contributed by atoms with Crippen molar-refractivity contribution in [2.24, 2.45) is 0 Å². The molecule has 1 aliphatic heterocycles. The van der Waals surface area contributed by atoms with Gasteiger partial charge in [0.15, 0.2) is 5.69 Å². The number of ether oxygens (including phenoxy) is 1. The molecule has 1 aromatic heterocycles. The van der Waals surface area contributed by atoms with Gasteiger partial charge in [0.2, 0.25) is 0 Å². The van der Waals surface area contributed by atoms with Gasteiger partial charge in [0.1, 0.15) is 0 Å². The van der Waals surface area contributed by atoms with Crippen LogP contribution in [0, 0.1) is 0 Å². The summed E-state index contributed by atoms with van der Waals surface area (Å²) in [5, 5.41) is 0. The summed E-state index contributed by atoms with van der Waals surface area (Å²) in [7, 11) is 1.34. The lowest BCUT2D eigenvalue weighted by atomic mass is 10.2. The minimum atomic E-state index is -0.371.